The van der Waals surface area contributed by atoms with Gasteiger partial charge >= 0.3 is 5.97 Å². The van der Waals surface area contributed by atoms with E-state index in [1.54, 1.807) is 14.1 Å². The van der Waals surface area contributed by atoms with Crippen LogP contribution < -0.4 is 0 Å². The van der Waals surface area contributed by atoms with E-state index in [2.05, 4.69) is 0 Å². The molecule has 1 aliphatic carbocycles. The summed E-state index contributed by atoms with van der Waals surface area (Å²) in [7, 11) is 3.44. The zero-order chi connectivity index (χ0) is 7.56. The molecule has 0 bridgehead atoms. The van der Waals surface area contributed by atoms with Crippen molar-refractivity contribution in [2.45, 2.75) is 19.3 Å². The molecule has 0 heterocycles. The summed E-state index contributed by atoms with van der Waals surface area (Å²) in [6.07, 6.45) is 3.19. The average Bonchev–Trinajstić information content (AvgIpc) is 1.55. The first kappa shape index (κ1) is 7.54. The lowest BCUT2D eigenvalue weighted by atomic mass is 9.86. The SMILES string of the molecule is CN(C)OC(=O)C1CCC1. The molecule has 0 saturated heterocycles. The van der Waals surface area contributed by atoms with E-state index in [0.717, 1.165) is 12.8 Å². The van der Waals surface area contributed by atoms with Gasteiger partial charge in [-0.3, -0.25) is 4.79 Å². The first-order valence-corrected chi connectivity index (χ1v) is 3.59. The van der Waals surface area contributed by atoms with Gasteiger partial charge in [0.25, 0.3) is 0 Å². The number of carbonyl (C=O) groups is 1. The van der Waals surface area contributed by atoms with Crippen LogP contribution in [0.5, 0.6) is 0 Å². The van der Waals surface area contributed by atoms with E-state index in [-0.39, 0.29) is 11.9 Å². The van der Waals surface area contributed by atoms with Gasteiger partial charge in [-0.2, -0.15) is 0 Å². The number of hydrogen-bond donors (Lipinski definition) is 0. The van der Waals surface area contributed by atoms with Crippen LogP contribution >= 0.6 is 0 Å². The third kappa shape index (κ3) is 1.70. The number of rotatable bonds is 2. The van der Waals surface area contributed by atoms with E-state index in [1.165, 1.54) is 11.5 Å². The fourth-order valence-electron chi connectivity index (χ4n) is 0.898. The highest BCUT2D eigenvalue weighted by Crippen LogP contribution is 2.27. The number of hydroxylamine groups is 2. The van der Waals surface area contributed by atoms with Crippen LogP contribution in [0.1, 0.15) is 19.3 Å². The lowest BCUT2D eigenvalue weighted by molar-refractivity contribution is -0.186. The van der Waals surface area contributed by atoms with Crippen molar-refractivity contribution >= 4 is 5.97 Å². The van der Waals surface area contributed by atoms with Crippen LogP contribution in [0.25, 0.3) is 0 Å². The Bertz CT molecular complexity index is 130. The summed E-state index contributed by atoms with van der Waals surface area (Å²) >= 11 is 0. The standard InChI is InChI=1S/C7H13NO2/c1-8(2)10-7(9)6-4-3-5-6/h6H,3-5H2,1-2H3. The maximum atomic E-state index is 11.0. The summed E-state index contributed by atoms with van der Waals surface area (Å²) in [5.74, 6) is 0.110. The highest BCUT2D eigenvalue weighted by Gasteiger charge is 2.27. The molecule has 0 aromatic heterocycles. The molecule has 3 nitrogen and oxygen atoms in total. The number of hydrogen-bond acceptors (Lipinski definition) is 3. The molecular formula is C7H13NO2. The number of carbonyl (C=O) groups excluding carboxylic acids is 1. The molecule has 1 saturated carbocycles. The molecule has 0 aliphatic heterocycles. The molecule has 1 fully saturated rings. The Morgan fingerprint density at radius 1 is 1.50 bits per heavy atom. The van der Waals surface area contributed by atoms with Gasteiger partial charge < -0.3 is 4.84 Å². The topological polar surface area (TPSA) is 29.5 Å². The summed E-state index contributed by atoms with van der Waals surface area (Å²) in [5, 5.41) is 1.45. The Morgan fingerprint density at radius 2 is 2.10 bits per heavy atom. The molecule has 0 unspecified atom stereocenters. The van der Waals surface area contributed by atoms with Crippen molar-refractivity contribution in [3.63, 3.8) is 0 Å². The lowest BCUT2D eigenvalue weighted by Gasteiger charge is -2.24. The quantitative estimate of drug-likeness (QED) is 0.536. The van der Waals surface area contributed by atoms with E-state index in [4.69, 9.17) is 4.84 Å². The third-order valence-electron chi connectivity index (χ3n) is 1.71. The monoisotopic (exact) mass is 143 g/mol. The van der Waals surface area contributed by atoms with Crippen molar-refractivity contribution in [3.05, 3.63) is 0 Å². The first-order valence-electron chi connectivity index (χ1n) is 3.59. The van der Waals surface area contributed by atoms with Crippen LogP contribution in [0.15, 0.2) is 0 Å². The molecular weight excluding hydrogens is 130 g/mol. The molecule has 0 aromatic carbocycles. The summed E-state index contributed by atoms with van der Waals surface area (Å²) in [6.45, 7) is 0. The van der Waals surface area contributed by atoms with E-state index < -0.39 is 0 Å². The van der Waals surface area contributed by atoms with Gasteiger partial charge in [-0.05, 0) is 12.8 Å². The Morgan fingerprint density at radius 3 is 2.40 bits per heavy atom. The molecule has 3 heteroatoms. The minimum atomic E-state index is -0.0729. The Kier molecular flexibility index (Phi) is 2.27. The zero-order valence-electron chi connectivity index (χ0n) is 6.46. The summed E-state index contributed by atoms with van der Waals surface area (Å²) < 4.78 is 0. The summed E-state index contributed by atoms with van der Waals surface area (Å²) in [5.41, 5.74) is 0. The second-order valence-electron chi connectivity index (χ2n) is 2.85. The van der Waals surface area contributed by atoms with Gasteiger partial charge in [0.15, 0.2) is 0 Å². The van der Waals surface area contributed by atoms with Gasteiger partial charge in [-0.25, -0.2) is 0 Å². The van der Waals surface area contributed by atoms with Crippen molar-refractivity contribution in [1.82, 2.24) is 5.06 Å². The van der Waals surface area contributed by atoms with Gasteiger partial charge in [0.05, 0.1) is 5.92 Å². The summed E-state index contributed by atoms with van der Waals surface area (Å²) in [4.78, 5) is 15.8. The summed E-state index contributed by atoms with van der Waals surface area (Å²) in [6, 6.07) is 0. The second kappa shape index (κ2) is 3.01. The molecule has 10 heavy (non-hydrogen) atoms. The second-order valence-corrected chi connectivity index (χ2v) is 2.85. The molecule has 1 rings (SSSR count). The Labute approximate surface area is 60.9 Å². The molecule has 0 amide bonds. The van der Waals surface area contributed by atoms with Crippen LogP contribution in [0, 0.1) is 5.92 Å². The predicted molar refractivity (Wildman–Crippen MR) is 37.1 cm³/mol. The molecule has 0 N–H and O–H groups in total. The van der Waals surface area contributed by atoms with E-state index in [9.17, 15) is 4.79 Å². The fourth-order valence-corrected chi connectivity index (χ4v) is 0.898. The minimum Gasteiger partial charge on any atom is -0.368 e. The average molecular weight is 143 g/mol. The van der Waals surface area contributed by atoms with Gasteiger partial charge in [0, 0.05) is 14.1 Å². The fraction of sp³-hybridized carbons (Fsp3) is 0.857. The molecule has 0 radical (unpaired) electrons. The third-order valence-corrected chi connectivity index (χ3v) is 1.71. The lowest BCUT2D eigenvalue weighted by Crippen LogP contribution is -2.29. The minimum absolute atomic E-state index is 0.0729. The highest BCUT2D eigenvalue weighted by atomic mass is 16.7. The zero-order valence-corrected chi connectivity index (χ0v) is 6.46. The predicted octanol–water partition coefficient (Wildman–Crippen LogP) is 0.806. The highest BCUT2D eigenvalue weighted by molar-refractivity contribution is 5.72. The maximum absolute atomic E-state index is 11.0. The van der Waals surface area contributed by atoms with Crippen molar-refractivity contribution < 1.29 is 9.63 Å². The molecule has 58 valence electrons. The molecule has 0 aromatic rings. The van der Waals surface area contributed by atoms with Crippen LogP contribution in [0.2, 0.25) is 0 Å². The largest absolute Gasteiger partial charge is 0.368 e. The number of nitrogens with zero attached hydrogens (tertiary/aromatic N) is 1. The molecule has 0 spiro atoms. The van der Waals surface area contributed by atoms with E-state index in [1.807, 2.05) is 0 Å². The van der Waals surface area contributed by atoms with Gasteiger partial charge in [0.1, 0.15) is 0 Å². The normalized spacial score (nSPS) is 18.7. The van der Waals surface area contributed by atoms with Crippen LogP contribution in [0.4, 0.5) is 0 Å². The van der Waals surface area contributed by atoms with Crippen LogP contribution in [0.3, 0.4) is 0 Å². The van der Waals surface area contributed by atoms with E-state index >= 15 is 0 Å². The van der Waals surface area contributed by atoms with Crippen molar-refractivity contribution in [2.24, 2.45) is 5.92 Å². The Hall–Kier alpha value is -0.570. The van der Waals surface area contributed by atoms with Gasteiger partial charge in [-0.15, -0.1) is 5.06 Å². The van der Waals surface area contributed by atoms with Crippen LogP contribution in [-0.4, -0.2) is 25.1 Å². The Balaban J connectivity index is 2.20. The molecule has 1 aliphatic rings. The smallest absolute Gasteiger partial charge is 0.328 e. The van der Waals surface area contributed by atoms with Gasteiger partial charge in [-0.1, -0.05) is 6.42 Å². The van der Waals surface area contributed by atoms with Gasteiger partial charge in [0.2, 0.25) is 0 Å². The first-order chi connectivity index (χ1) is 4.70. The molecule has 0 atom stereocenters. The van der Waals surface area contributed by atoms with Crippen molar-refractivity contribution in [2.75, 3.05) is 14.1 Å². The van der Waals surface area contributed by atoms with Crippen molar-refractivity contribution in [1.29, 1.82) is 0 Å². The van der Waals surface area contributed by atoms with Crippen LogP contribution in [-0.2, 0) is 9.63 Å². The maximum Gasteiger partial charge on any atom is 0.328 e. The van der Waals surface area contributed by atoms with Crippen molar-refractivity contribution in [3.8, 4) is 0 Å². The van der Waals surface area contributed by atoms with E-state index in [0.29, 0.717) is 0 Å².